The molecule has 11 heteroatoms. The first-order chi connectivity index (χ1) is 13.9. The lowest BCUT2D eigenvalue weighted by molar-refractivity contribution is -0.139. The minimum atomic E-state index is -4.55. The summed E-state index contributed by atoms with van der Waals surface area (Å²) in [5.41, 5.74) is -0.866. The third-order valence-corrected chi connectivity index (χ3v) is 6.21. The van der Waals surface area contributed by atoms with E-state index in [-0.39, 0.29) is 48.3 Å². The van der Waals surface area contributed by atoms with Gasteiger partial charge in [0.25, 0.3) is 0 Å². The van der Waals surface area contributed by atoms with Crippen molar-refractivity contribution >= 4 is 23.6 Å². The minimum absolute atomic E-state index is 0.0348. The second kappa shape index (κ2) is 5.19. The van der Waals surface area contributed by atoms with E-state index in [0.29, 0.717) is 11.5 Å². The Kier molecular flexibility index (Phi) is 3.05. The molecule has 5 fully saturated rings. The van der Waals surface area contributed by atoms with Gasteiger partial charge in [-0.15, -0.1) is 0 Å². The third-order valence-electron chi connectivity index (χ3n) is 6.21. The summed E-state index contributed by atoms with van der Waals surface area (Å²) in [7, 11) is 0. The first-order valence-corrected chi connectivity index (χ1v) is 9.62. The van der Waals surface area contributed by atoms with Crippen LogP contribution in [0.4, 0.5) is 30.8 Å². The van der Waals surface area contributed by atoms with Gasteiger partial charge in [-0.3, -0.25) is 4.79 Å². The summed E-state index contributed by atoms with van der Waals surface area (Å²) in [5.74, 6) is 0.569. The van der Waals surface area contributed by atoms with Crippen molar-refractivity contribution in [2.24, 2.45) is 11.8 Å². The van der Waals surface area contributed by atoms with Crippen molar-refractivity contribution in [3.8, 4) is 0 Å². The van der Waals surface area contributed by atoms with Crippen LogP contribution in [0.15, 0.2) is 12.3 Å². The van der Waals surface area contributed by atoms with Crippen molar-refractivity contribution in [1.29, 1.82) is 0 Å². The van der Waals surface area contributed by atoms with Gasteiger partial charge in [0, 0.05) is 30.6 Å². The van der Waals surface area contributed by atoms with Gasteiger partial charge in [0.05, 0.1) is 11.7 Å². The number of nitrogens with one attached hydrogen (secondary N) is 2. The van der Waals surface area contributed by atoms with Crippen molar-refractivity contribution in [3.05, 3.63) is 23.5 Å². The SMILES string of the molecule is CCNc1nc(Nc2cc([C@@]34C(=O)OC5C3[C@H]54)nn2C2CC2)ncc1C(F)(F)F. The minimum Gasteiger partial charge on any atom is -0.461 e. The maximum Gasteiger partial charge on any atom is 0.421 e. The van der Waals surface area contributed by atoms with Gasteiger partial charge < -0.3 is 15.4 Å². The molecule has 0 amide bonds. The monoisotopic (exact) mass is 406 g/mol. The van der Waals surface area contributed by atoms with Crippen molar-refractivity contribution in [2.75, 3.05) is 17.2 Å². The number of aromatic nitrogens is 4. The Morgan fingerprint density at radius 1 is 1.34 bits per heavy atom. The smallest absolute Gasteiger partial charge is 0.421 e. The summed E-state index contributed by atoms with van der Waals surface area (Å²) in [5, 5.41) is 10.3. The van der Waals surface area contributed by atoms with Gasteiger partial charge in [0.15, 0.2) is 0 Å². The first kappa shape index (κ1) is 17.0. The molecule has 2 aliphatic heterocycles. The topological polar surface area (TPSA) is 94.0 Å². The molecule has 2 saturated heterocycles. The number of rotatable bonds is 6. The van der Waals surface area contributed by atoms with Crippen LogP contribution >= 0.6 is 0 Å². The van der Waals surface area contributed by atoms with E-state index in [0.717, 1.165) is 19.0 Å². The van der Waals surface area contributed by atoms with Crippen LogP contribution in [0.5, 0.6) is 0 Å². The number of alkyl halides is 3. The molecule has 2 N–H and O–H groups in total. The van der Waals surface area contributed by atoms with E-state index in [9.17, 15) is 18.0 Å². The Morgan fingerprint density at radius 3 is 2.69 bits per heavy atom. The van der Waals surface area contributed by atoms with Crippen molar-refractivity contribution < 1.29 is 22.7 Å². The maximum absolute atomic E-state index is 13.2. The highest BCUT2D eigenvalue weighted by atomic mass is 19.4. The lowest BCUT2D eigenvalue weighted by atomic mass is 9.92. The molecule has 29 heavy (non-hydrogen) atoms. The molecule has 0 aromatic carbocycles. The number of hydrogen-bond donors (Lipinski definition) is 2. The molecule has 3 aliphatic carbocycles. The van der Waals surface area contributed by atoms with Crippen LogP contribution in [0.25, 0.3) is 0 Å². The van der Waals surface area contributed by atoms with E-state index in [4.69, 9.17) is 4.74 Å². The number of carbonyl (C=O) groups excluding carboxylic acids is 1. The summed E-state index contributed by atoms with van der Waals surface area (Å²) in [4.78, 5) is 20.1. The molecule has 5 aliphatic rings. The average Bonchev–Trinajstić information content (AvgIpc) is 3.59. The van der Waals surface area contributed by atoms with Crippen molar-refractivity contribution in [1.82, 2.24) is 19.7 Å². The predicted octanol–water partition coefficient (Wildman–Crippen LogP) is 2.63. The van der Waals surface area contributed by atoms with Gasteiger partial charge in [-0.25, -0.2) is 9.67 Å². The van der Waals surface area contributed by atoms with Crippen LogP contribution in [-0.4, -0.2) is 38.4 Å². The second-order valence-corrected chi connectivity index (χ2v) is 7.99. The zero-order valence-electron chi connectivity index (χ0n) is 15.3. The maximum atomic E-state index is 13.2. The van der Waals surface area contributed by atoms with Gasteiger partial charge in [-0.2, -0.15) is 23.3 Å². The number of esters is 1. The van der Waals surface area contributed by atoms with Crippen molar-refractivity contribution in [2.45, 2.75) is 43.5 Å². The van der Waals surface area contributed by atoms with Crippen LogP contribution in [-0.2, 0) is 21.1 Å². The van der Waals surface area contributed by atoms with Crippen LogP contribution in [0, 0.1) is 11.8 Å². The average molecular weight is 406 g/mol. The molecule has 4 atom stereocenters. The van der Waals surface area contributed by atoms with Crippen LogP contribution in [0.2, 0.25) is 0 Å². The molecule has 0 radical (unpaired) electrons. The quantitative estimate of drug-likeness (QED) is 0.713. The van der Waals surface area contributed by atoms with Gasteiger partial charge in [-0.1, -0.05) is 0 Å². The highest BCUT2D eigenvalue weighted by Crippen LogP contribution is 2.83. The molecular weight excluding hydrogens is 389 g/mol. The Bertz CT molecular complexity index is 1040. The number of hydrogen-bond acceptors (Lipinski definition) is 7. The number of nitrogens with zero attached hydrogens (tertiary/aromatic N) is 4. The summed E-state index contributed by atoms with van der Waals surface area (Å²) >= 11 is 0. The van der Waals surface area contributed by atoms with E-state index >= 15 is 0 Å². The molecule has 2 aromatic rings. The fourth-order valence-electron chi connectivity index (χ4n) is 4.56. The lowest BCUT2D eigenvalue weighted by Gasteiger charge is -2.14. The molecule has 2 aromatic heterocycles. The summed E-state index contributed by atoms with van der Waals surface area (Å²) in [6.07, 6.45) is -1.83. The lowest BCUT2D eigenvalue weighted by Crippen LogP contribution is -2.22. The van der Waals surface area contributed by atoms with E-state index in [1.165, 1.54) is 0 Å². The summed E-state index contributed by atoms with van der Waals surface area (Å²) in [6.45, 7) is 1.98. The van der Waals surface area contributed by atoms with E-state index in [2.05, 4.69) is 25.7 Å². The van der Waals surface area contributed by atoms with Gasteiger partial charge >= 0.3 is 12.1 Å². The van der Waals surface area contributed by atoms with Crippen LogP contribution in [0.3, 0.4) is 0 Å². The number of halogens is 3. The number of anilines is 3. The molecule has 3 saturated carbocycles. The van der Waals surface area contributed by atoms with Crippen LogP contribution in [0.1, 0.15) is 37.1 Å². The van der Waals surface area contributed by atoms with Gasteiger partial charge in [0.1, 0.15) is 28.7 Å². The first-order valence-electron chi connectivity index (χ1n) is 9.62. The fourth-order valence-corrected chi connectivity index (χ4v) is 4.56. The molecule has 4 heterocycles. The van der Waals surface area contributed by atoms with E-state index in [1.807, 2.05) is 0 Å². The van der Waals surface area contributed by atoms with E-state index < -0.39 is 17.2 Å². The zero-order chi connectivity index (χ0) is 20.1. The Morgan fingerprint density at radius 2 is 2.10 bits per heavy atom. The molecule has 2 bridgehead atoms. The molecule has 152 valence electrons. The largest absolute Gasteiger partial charge is 0.461 e. The highest BCUT2D eigenvalue weighted by molar-refractivity contribution is 5.96. The second-order valence-electron chi connectivity index (χ2n) is 7.99. The van der Waals surface area contributed by atoms with Crippen LogP contribution < -0.4 is 10.6 Å². The predicted molar refractivity (Wildman–Crippen MR) is 93.5 cm³/mol. The number of fused-ring (bicyclic) bond motifs is 1. The summed E-state index contributed by atoms with van der Waals surface area (Å²) < 4.78 is 46.6. The standard InChI is InChI=1S/C18H17F3N6O2/c1-2-22-14-8(18(19,20)21)6-23-16(25-14)24-10-5-9(26-27(10)7-3-4-7)17-11-12(17)13(11)29-15(17)28/h5-7,11-13H,2-4H2,1H3,(H2,22,23,24,25)/t11-,12?,13?,17+/m1/s1. The fraction of sp³-hybridized carbons (Fsp3) is 0.556. The molecule has 2 unspecified atom stereocenters. The number of carbonyl (C=O) groups is 1. The molecular formula is C18H17F3N6O2. The van der Waals surface area contributed by atoms with Gasteiger partial charge in [0.2, 0.25) is 5.95 Å². The van der Waals surface area contributed by atoms with E-state index in [1.54, 1.807) is 17.7 Å². The summed E-state index contributed by atoms with van der Waals surface area (Å²) in [6, 6.07) is 1.98. The molecule has 0 spiro atoms. The van der Waals surface area contributed by atoms with Crippen molar-refractivity contribution in [3.63, 3.8) is 0 Å². The third kappa shape index (κ3) is 2.21. The van der Waals surface area contributed by atoms with Gasteiger partial charge in [-0.05, 0) is 19.8 Å². The molecule has 7 rings (SSSR count). The Labute approximate surface area is 162 Å². The normalized spacial score (nSPS) is 31.3. The number of ether oxygens (including phenoxy) is 1. The zero-order valence-corrected chi connectivity index (χ0v) is 15.3. The Balaban J connectivity index is 1.34. The highest BCUT2D eigenvalue weighted by Gasteiger charge is 2.96. The molecule has 8 nitrogen and oxygen atoms in total. The Hall–Kier alpha value is -2.85.